The number of hydrogen-bond acceptors (Lipinski definition) is 6. The summed E-state index contributed by atoms with van der Waals surface area (Å²) < 4.78 is 10.7. The first-order valence-electron chi connectivity index (χ1n) is 11.8. The van der Waals surface area contributed by atoms with Gasteiger partial charge >= 0.3 is 12.2 Å². The molecule has 0 heterocycles. The molecular formula is C27H37N3O6. The summed E-state index contributed by atoms with van der Waals surface area (Å²) in [7, 11) is 0. The van der Waals surface area contributed by atoms with Gasteiger partial charge in [-0.05, 0) is 65.7 Å². The Labute approximate surface area is 212 Å². The number of amides is 3. The van der Waals surface area contributed by atoms with Crippen molar-refractivity contribution in [2.45, 2.75) is 71.3 Å². The van der Waals surface area contributed by atoms with Crippen molar-refractivity contribution in [2.24, 2.45) is 0 Å². The van der Waals surface area contributed by atoms with Crippen molar-refractivity contribution < 1.29 is 29.0 Å². The number of carbonyl (C=O) groups excluding carboxylic acids is 3. The zero-order chi connectivity index (χ0) is 26.9. The van der Waals surface area contributed by atoms with Crippen LogP contribution in [0.5, 0.6) is 0 Å². The predicted octanol–water partition coefficient (Wildman–Crippen LogP) is 4.07. The average Bonchev–Trinajstić information content (AvgIpc) is 2.76. The van der Waals surface area contributed by atoms with E-state index < -0.39 is 41.4 Å². The van der Waals surface area contributed by atoms with E-state index in [1.165, 1.54) is 0 Å². The highest BCUT2D eigenvalue weighted by molar-refractivity contribution is 5.95. The fourth-order valence-electron chi connectivity index (χ4n) is 3.25. The van der Waals surface area contributed by atoms with Crippen LogP contribution in [-0.2, 0) is 15.9 Å². The van der Waals surface area contributed by atoms with E-state index in [1.807, 2.05) is 30.3 Å². The molecule has 0 spiro atoms. The van der Waals surface area contributed by atoms with Gasteiger partial charge in [0.05, 0.1) is 18.7 Å². The molecule has 0 aliphatic heterocycles. The molecule has 2 aromatic carbocycles. The van der Waals surface area contributed by atoms with Crippen LogP contribution < -0.4 is 10.7 Å². The van der Waals surface area contributed by atoms with Gasteiger partial charge in [0.1, 0.15) is 11.2 Å². The minimum absolute atomic E-state index is 0.265. The van der Waals surface area contributed by atoms with Crippen molar-refractivity contribution in [3.8, 4) is 0 Å². The fraction of sp³-hybridized carbons (Fsp3) is 0.444. The molecule has 3 N–H and O–H groups in total. The molecule has 0 aliphatic rings. The summed E-state index contributed by atoms with van der Waals surface area (Å²) in [5.74, 6) is -0.545. The standard InChI is InChI=1S/C27H37N3O6/c1-26(2,3)35-24(33)28-21(17-19-13-9-7-10-14-19)22(31)18-30(29-25(34)36-27(4,5)6)23(32)20-15-11-8-12-16-20/h7-16,21-22,31H,17-18H2,1-6H3,(H,28,33)(H,29,34)/t21-,22-/m0/s1. The van der Waals surface area contributed by atoms with Crippen molar-refractivity contribution in [1.82, 2.24) is 15.8 Å². The molecule has 196 valence electrons. The van der Waals surface area contributed by atoms with E-state index >= 15 is 0 Å². The number of carbonyl (C=O) groups is 3. The molecule has 2 atom stereocenters. The van der Waals surface area contributed by atoms with Crippen molar-refractivity contribution in [1.29, 1.82) is 0 Å². The molecule has 2 rings (SSSR count). The zero-order valence-electron chi connectivity index (χ0n) is 21.8. The van der Waals surface area contributed by atoms with Gasteiger partial charge in [-0.2, -0.15) is 0 Å². The summed E-state index contributed by atoms with van der Waals surface area (Å²) in [5.41, 5.74) is 2.07. The van der Waals surface area contributed by atoms with Crippen molar-refractivity contribution in [3.63, 3.8) is 0 Å². The highest BCUT2D eigenvalue weighted by Crippen LogP contribution is 2.13. The summed E-state index contributed by atoms with van der Waals surface area (Å²) >= 11 is 0. The molecule has 9 heteroatoms. The number of nitrogens with zero attached hydrogens (tertiary/aromatic N) is 1. The lowest BCUT2D eigenvalue weighted by atomic mass is 10.0. The SMILES string of the molecule is CC(C)(C)OC(=O)N[C@@H](Cc1ccccc1)[C@@H](O)CN(NC(=O)OC(C)(C)C)C(=O)c1ccccc1. The van der Waals surface area contributed by atoms with E-state index in [2.05, 4.69) is 10.7 Å². The molecule has 0 fully saturated rings. The number of alkyl carbamates (subject to hydrolysis) is 1. The van der Waals surface area contributed by atoms with Crippen molar-refractivity contribution in [3.05, 3.63) is 71.8 Å². The molecule has 2 aromatic rings. The zero-order valence-corrected chi connectivity index (χ0v) is 21.8. The second kappa shape index (κ2) is 12.4. The minimum Gasteiger partial charge on any atom is -0.444 e. The van der Waals surface area contributed by atoms with Gasteiger partial charge in [0.15, 0.2) is 0 Å². The van der Waals surface area contributed by atoms with E-state index in [9.17, 15) is 19.5 Å². The first-order valence-corrected chi connectivity index (χ1v) is 11.8. The second-order valence-electron chi connectivity index (χ2n) is 10.4. The van der Waals surface area contributed by atoms with E-state index in [0.717, 1.165) is 10.6 Å². The van der Waals surface area contributed by atoms with E-state index in [1.54, 1.807) is 71.9 Å². The lowest BCUT2D eigenvalue weighted by molar-refractivity contribution is 0.0127. The Morgan fingerprint density at radius 2 is 1.33 bits per heavy atom. The molecule has 0 radical (unpaired) electrons. The Kier molecular flexibility index (Phi) is 9.86. The lowest BCUT2D eigenvalue weighted by Crippen LogP contribution is -2.56. The van der Waals surface area contributed by atoms with Gasteiger partial charge in [-0.1, -0.05) is 48.5 Å². The van der Waals surface area contributed by atoms with Crippen LogP contribution in [0.2, 0.25) is 0 Å². The summed E-state index contributed by atoms with van der Waals surface area (Å²) in [6.45, 7) is 9.99. The molecule has 0 bridgehead atoms. The van der Waals surface area contributed by atoms with Gasteiger partial charge in [0, 0.05) is 5.56 Å². The van der Waals surface area contributed by atoms with Crippen LogP contribution in [0.1, 0.15) is 57.5 Å². The van der Waals surface area contributed by atoms with Crippen LogP contribution in [0.3, 0.4) is 0 Å². The van der Waals surface area contributed by atoms with Crippen molar-refractivity contribution in [2.75, 3.05) is 6.54 Å². The van der Waals surface area contributed by atoms with Crippen LogP contribution in [0.15, 0.2) is 60.7 Å². The number of hydrogen-bond donors (Lipinski definition) is 3. The fourth-order valence-corrected chi connectivity index (χ4v) is 3.25. The molecule has 0 aliphatic carbocycles. The summed E-state index contributed by atoms with van der Waals surface area (Å²) in [4.78, 5) is 38.2. The highest BCUT2D eigenvalue weighted by Gasteiger charge is 2.30. The Morgan fingerprint density at radius 1 is 0.833 bits per heavy atom. The molecule has 0 saturated heterocycles. The van der Waals surface area contributed by atoms with Gasteiger partial charge in [-0.3, -0.25) is 4.79 Å². The topological polar surface area (TPSA) is 117 Å². The molecular weight excluding hydrogens is 462 g/mol. The summed E-state index contributed by atoms with van der Waals surface area (Å²) in [6.07, 6.45) is -2.55. The van der Waals surface area contributed by atoms with Crippen LogP contribution in [0, 0.1) is 0 Å². The van der Waals surface area contributed by atoms with Crippen LogP contribution in [0.4, 0.5) is 9.59 Å². The Hall–Kier alpha value is -3.59. The maximum Gasteiger partial charge on any atom is 0.426 e. The quantitative estimate of drug-likeness (QED) is 0.495. The number of aliphatic hydroxyl groups excluding tert-OH is 1. The third-order valence-electron chi connectivity index (χ3n) is 4.73. The first-order chi connectivity index (χ1) is 16.7. The van der Waals surface area contributed by atoms with Gasteiger partial charge in [0.25, 0.3) is 5.91 Å². The molecule has 0 aromatic heterocycles. The predicted molar refractivity (Wildman–Crippen MR) is 136 cm³/mol. The van der Waals surface area contributed by atoms with Gasteiger partial charge in [0.2, 0.25) is 0 Å². The number of ether oxygens (including phenoxy) is 2. The number of nitrogens with one attached hydrogen (secondary N) is 2. The van der Waals surface area contributed by atoms with Crippen LogP contribution in [-0.4, -0.2) is 58.1 Å². The van der Waals surface area contributed by atoms with Crippen LogP contribution >= 0.6 is 0 Å². The first kappa shape index (κ1) is 28.6. The molecule has 3 amide bonds. The molecule has 36 heavy (non-hydrogen) atoms. The monoisotopic (exact) mass is 499 g/mol. The maximum absolute atomic E-state index is 13.2. The van der Waals surface area contributed by atoms with Gasteiger partial charge in [-0.15, -0.1) is 0 Å². The van der Waals surface area contributed by atoms with Gasteiger partial charge in [-0.25, -0.2) is 20.0 Å². The van der Waals surface area contributed by atoms with E-state index in [4.69, 9.17) is 9.47 Å². The Balaban J connectivity index is 2.28. The van der Waals surface area contributed by atoms with Crippen molar-refractivity contribution >= 4 is 18.1 Å². The summed E-state index contributed by atoms with van der Waals surface area (Å²) in [5, 5.41) is 14.9. The third-order valence-corrected chi connectivity index (χ3v) is 4.73. The maximum atomic E-state index is 13.2. The number of hydrazine groups is 1. The lowest BCUT2D eigenvalue weighted by Gasteiger charge is -2.31. The minimum atomic E-state index is -1.26. The summed E-state index contributed by atoms with van der Waals surface area (Å²) in [6, 6.07) is 16.8. The Morgan fingerprint density at radius 3 is 1.86 bits per heavy atom. The number of benzene rings is 2. The average molecular weight is 500 g/mol. The van der Waals surface area contributed by atoms with Crippen LogP contribution in [0.25, 0.3) is 0 Å². The molecule has 0 saturated carbocycles. The number of rotatable bonds is 7. The molecule has 0 unspecified atom stereocenters. The second-order valence-corrected chi connectivity index (χ2v) is 10.4. The van der Waals surface area contributed by atoms with E-state index in [0.29, 0.717) is 5.56 Å². The van der Waals surface area contributed by atoms with Gasteiger partial charge < -0.3 is 19.9 Å². The largest absolute Gasteiger partial charge is 0.444 e. The third kappa shape index (κ3) is 10.4. The number of aliphatic hydroxyl groups is 1. The Bertz CT molecular complexity index is 1000. The van der Waals surface area contributed by atoms with E-state index in [-0.39, 0.29) is 13.0 Å². The smallest absolute Gasteiger partial charge is 0.426 e. The molecule has 9 nitrogen and oxygen atoms in total. The normalized spacial score (nSPS) is 13.2. The highest BCUT2D eigenvalue weighted by atomic mass is 16.6.